The molecule has 0 spiro atoms. The number of aliphatic hydroxyl groups is 2. The minimum atomic E-state index is -0.575. The third kappa shape index (κ3) is 8.42. The summed E-state index contributed by atoms with van der Waals surface area (Å²) in [5.74, 6) is 0. The van der Waals surface area contributed by atoms with Crippen molar-refractivity contribution in [1.82, 2.24) is 5.06 Å². The lowest BCUT2D eigenvalue weighted by atomic mass is 9.86. The van der Waals surface area contributed by atoms with Gasteiger partial charge in [-0.1, -0.05) is 20.8 Å². The first kappa shape index (κ1) is 22.8. The Morgan fingerprint density at radius 1 is 1.04 bits per heavy atom. The fraction of sp³-hybridized carbons (Fsp3) is 1.00. The van der Waals surface area contributed by atoms with Crippen molar-refractivity contribution in [3.8, 4) is 0 Å². The van der Waals surface area contributed by atoms with Gasteiger partial charge in [0.05, 0.1) is 31.5 Å². The van der Waals surface area contributed by atoms with Crippen LogP contribution in [0.15, 0.2) is 0 Å². The lowest BCUT2D eigenvalue weighted by Gasteiger charge is -2.38. The predicted molar refractivity (Wildman–Crippen MR) is 91.0 cm³/mol. The smallest absolute Gasteiger partial charge is 0.167 e. The van der Waals surface area contributed by atoms with Crippen molar-refractivity contribution in [1.29, 1.82) is 0 Å². The Balaban J connectivity index is 4.71. The van der Waals surface area contributed by atoms with Crippen LogP contribution >= 0.6 is 0 Å². The van der Waals surface area contributed by atoms with Crippen LogP contribution in [0, 0.1) is 5.41 Å². The van der Waals surface area contributed by atoms with E-state index in [1.54, 1.807) is 5.06 Å². The molecule has 0 amide bonds. The SMILES string of the molecule is CCN(CC(CC)(CO)COC(C)(CC)CO)OCOC(C)C. The molecular weight excluding hydrogens is 298 g/mol. The molecule has 0 saturated carbocycles. The lowest BCUT2D eigenvalue weighted by molar-refractivity contribution is -0.248. The van der Waals surface area contributed by atoms with E-state index in [2.05, 4.69) is 0 Å². The third-order valence-corrected chi connectivity index (χ3v) is 4.40. The summed E-state index contributed by atoms with van der Waals surface area (Å²) in [5.41, 5.74) is -1.01. The van der Waals surface area contributed by atoms with Gasteiger partial charge in [0.15, 0.2) is 6.79 Å². The summed E-state index contributed by atoms with van der Waals surface area (Å²) in [5, 5.41) is 21.2. The normalized spacial score (nSPS) is 17.5. The van der Waals surface area contributed by atoms with E-state index in [1.807, 2.05) is 41.5 Å². The van der Waals surface area contributed by atoms with Crippen LogP contribution in [0.2, 0.25) is 0 Å². The molecule has 0 heterocycles. The van der Waals surface area contributed by atoms with E-state index < -0.39 is 11.0 Å². The maximum absolute atomic E-state index is 9.92. The number of aliphatic hydroxyl groups excluding tert-OH is 2. The molecule has 0 aliphatic carbocycles. The molecule has 0 rings (SSSR count). The fourth-order valence-electron chi connectivity index (χ4n) is 1.92. The second kappa shape index (κ2) is 11.3. The van der Waals surface area contributed by atoms with Crippen LogP contribution < -0.4 is 0 Å². The Bertz CT molecular complexity index is 291. The topological polar surface area (TPSA) is 71.4 Å². The average Bonchev–Trinajstić information content (AvgIpc) is 2.56. The standard InChI is InChI=1S/C17H37NO5/c1-7-16(6,11-19)22-13-17(8-2,12-20)10-18(9-3)23-14-21-15(4)5/h15,19-20H,7-14H2,1-6H3. The molecule has 2 N–H and O–H groups in total. The number of rotatable bonds is 14. The molecule has 0 saturated heterocycles. The maximum atomic E-state index is 9.92. The van der Waals surface area contributed by atoms with Gasteiger partial charge in [-0.25, -0.2) is 0 Å². The van der Waals surface area contributed by atoms with E-state index in [-0.39, 0.29) is 26.1 Å². The Morgan fingerprint density at radius 2 is 1.70 bits per heavy atom. The molecule has 0 aliphatic rings. The Kier molecular flexibility index (Phi) is 11.2. The van der Waals surface area contributed by atoms with Gasteiger partial charge in [0.2, 0.25) is 0 Å². The van der Waals surface area contributed by atoms with Crippen molar-refractivity contribution >= 4 is 0 Å². The Morgan fingerprint density at radius 3 is 2.09 bits per heavy atom. The molecule has 0 fully saturated rings. The number of hydrogen-bond acceptors (Lipinski definition) is 6. The van der Waals surface area contributed by atoms with Crippen LogP contribution in [0.5, 0.6) is 0 Å². The second-order valence-corrected chi connectivity index (χ2v) is 6.68. The molecule has 0 radical (unpaired) electrons. The first-order valence-corrected chi connectivity index (χ1v) is 8.65. The van der Waals surface area contributed by atoms with Crippen LogP contribution in [-0.2, 0) is 14.3 Å². The first-order valence-electron chi connectivity index (χ1n) is 8.65. The molecule has 0 aromatic rings. The van der Waals surface area contributed by atoms with Gasteiger partial charge in [-0.15, -0.1) is 0 Å². The van der Waals surface area contributed by atoms with Crippen molar-refractivity contribution < 1.29 is 24.5 Å². The number of hydrogen-bond donors (Lipinski definition) is 2. The van der Waals surface area contributed by atoms with Gasteiger partial charge in [0.1, 0.15) is 0 Å². The van der Waals surface area contributed by atoms with Crippen LogP contribution in [0.3, 0.4) is 0 Å². The van der Waals surface area contributed by atoms with Gasteiger partial charge in [-0.3, -0.25) is 4.84 Å². The minimum absolute atomic E-state index is 0.000376. The van der Waals surface area contributed by atoms with E-state index >= 15 is 0 Å². The molecule has 140 valence electrons. The van der Waals surface area contributed by atoms with E-state index in [4.69, 9.17) is 14.3 Å². The Hall–Kier alpha value is -0.240. The van der Waals surface area contributed by atoms with Crippen molar-refractivity contribution in [2.45, 2.75) is 66.1 Å². The molecule has 0 aliphatic heterocycles. The second-order valence-electron chi connectivity index (χ2n) is 6.68. The zero-order chi connectivity index (χ0) is 17.9. The number of ether oxygens (including phenoxy) is 2. The zero-order valence-corrected chi connectivity index (χ0v) is 15.8. The molecule has 2 unspecified atom stereocenters. The van der Waals surface area contributed by atoms with E-state index in [9.17, 15) is 10.2 Å². The first-order chi connectivity index (χ1) is 10.8. The lowest BCUT2D eigenvalue weighted by Crippen LogP contribution is -2.46. The largest absolute Gasteiger partial charge is 0.396 e. The molecular formula is C17H37NO5. The zero-order valence-electron chi connectivity index (χ0n) is 15.8. The molecule has 6 nitrogen and oxygen atoms in total. The Labute approximate surface area is 141 Å². The van der Waals surface area contributed by atoms with Crippen molar-refractivity contribution in [3.05, 3.63) is 0 Å². The summed E-state index contributed by atoms with van der Waals surface area (Å²) in [7, 11) is 0. The highest BCUT2D eigenvalue weighted by atomic mass is 16.8. The molecule has 2 atom stereocenters. The van der Waals surface area contributed by atoms with Gasteiger partial charge in [0.25, 0.3) is 0 Å². The third-order valence-electron chi connectivity index (χ3n) is 4.40. The average molecular weight is 335 g/mol. The van der Waals surface area contributed by atoms with Crippen LogP contribution in [0.1, 0.15) is 54.4 Å². The van der Waals surface area contributed by atoms with Gasteiger partial charge >= 0.3 is 0 Å². The summed E-state index contributed by atoms with van der Waals surface area (Å²) >= 11 is 0. The fourth-order valence-corrected chi connectivity index (χ4v) is 1.92. The van der Waals surface area contributed by atoms with Crippen LogP contribution in [-0.4, -0.2) is 66.7 Å². The predicted octanol–water partition coefficient (Wildman–Crippen LogP) is 2.19. The van der Waals surface area contributed by atoms with Gasteiger partial charge in [-0.2, -0.15) is 5.06 Å². The van der Waals surface area contributed by atoms with Gasteiger partial charge in [-0.05, 0) is 33.6 Å². The highest BCUT2D eigenvalue weighted by molar-refractivity contribution is 4.82. The van der Waals surface area contributed by atoms with E-state index in [0.717, 1.165) is 6.42 Å². The highest BCUT2D eigenvalue weighted by Gasteiger charge is 2.34. The summed E-state index contributed by atoms with van der Waals surface area (Å²) in [6.07, 6.45) is 1.57. The molecule has 23 heavy (non-hydrogen) atoms. The number of nitrogens with zero attached hydrogens (tertiary/aromatic N) is 1. The number of hydroxylamine groups is 2. The monoisotopic (exact) mass is 335 g/mol. The van der Waals surface area contributed by atoms with Crippen LogP contribution in [0.25, 0.3) is 0 Å². The van der Waals surface area contributed by atoms with E-state index in [1.165, 1.54) is 0 Å². The van der Waals surface area contributed by atoms with Crippen molar-refractivity contribution in [2.24, 2.45) is 5.41 Å². The molecule has 6 heteroatoms. The summed E-state index contributed by atoms with van der Waals surface area (Å²) in [6.45, 7) is 13.6. The molecule has 0 aromatic heterocycles. The highest BCUT2D eigenvalue weighted by Crippen LogP contribution is 2.27. The van der Waals surface area contributed by atoms with Gasteiger partial charge in [0, 0.05) is 18.5 Å². The van der Waals surface area contributed by atoms with Crippen molar-refractivity contribution in [2.75, 3.05) is 39.7 Å². The van der Waals surface area contributed by atoms with Gasteiger partial charge < -0.3 is 19.7 Å². The minimum Gasteiger partial charge on any atom is -0.396 e. The quantitative estimate of drug-likeness (QED) is 0.374. The summed E-state index contributed by atoms with van der Waals surface area (Å²) in [6, 6.07) is 0. The summed E-state index contributed by atoms with van der Waals surface area (Å²) in [4.78, 5) is 5.64. The van der Waals surface area contributed by atoms with Crippen molar-refractivity contribution in [3.63, 3.8) is 0 Å². The molecule has 0 bridgehead atoms. The van der Waals surface area contributed by atoms with E-state index in [0.29, 0.717) is 26.1 Å². The molecule has 0 aromatic carbocycles. The van der Waals surface area contributed by atoms with Crippen LogP contribution in [0.4, 0.5) is 0 Å². The summed E-state index contributed by atoms with van der Waals surface area (Å²) < 4.78 is 11.4. The maximum Gasteiger partial charge on any atom is 0.167 e.